The molecular formula is C15H19LiN4O2. The zero-order chi connectivity index (χ0) is 15.0. The molecular weight excluding hydrogens is 275 g/mol. The zero-order valence-electron chi connectivity index (χ0n) is 13.3. The Morgan fingerprint density at radius 3 is 3.00 bits per heavy atom. The summed E-state index contributed by atoms with van der Waals surface area (Å²) in [6.07, 6.45) is 2.44. The van der Waals surface area contributed by atoms with Crippen LogP contribution in [0.4, 0.5) is 0 Å². The number of pyridine rings is 1. The second-order valence-corrected chi connectivity index (χ2v) is 5.97. The normalized spacial score (nSPS) is 19.1. The molecule has 6 nitrogen and oxygen atoms in total. The summed E-state index contributed by atoms with van der Waals surface area (Å²) in [5.41, 5.74) is 3.06. The van der Waals surface area contributed by atoms with Gasteiger partial charge in [-0.25, -0.2) is 4.98 Å². The van der Waals surface area contributed by atoms with Gasteiger partial charge in [0, 0.05) is 13.1 Å². The first-order chi connectivity index (χ1) is 10.0. The number of carboxylic acids is 1. The van der Waals surface area contributed by atoms with E-state index >= 15 is 0 Å². The number of carbonyl (C=O) groups is 1. The molecule has 0 saturated carbocycles. The van der Waals surface area contributed by atoms with Crippen molar-refractivity contribution in [1.82, 2.24) is 20.1 Å². The van der Waals surface area contributed by atoms with E-state index in [0.29, 0.717) is 23.7 Å². The first kappa shape index (κ1) is 17.0. The Balaban J connectivity index is 0.00000176. The number of aryl methyl sites for hydroxylation is 1. The SMILES string of the molecule is Cc1n[nH]c2c(CN3CCC[C@H](C)C3)cc(C(=O)[O-])nc12.[Li+]. The number of carboxylic acid groups (broad SMARTS) is 1. The van der Waals surface area contributed by atoms with Gasteiger partial charge in [-0.05, 0) is 43.9 Å². The molecule has 0 radical (unpaired) electrons. The number of fused-ring (bicyclic) bond motifs is 1. The van der Waals surface area contributed by atoms with Crippen LogP contribution in [-0.4, -0.2) is 39.1 Å². The van der Waals surface area contributed by atoms with Gasteiger partial charge in [0.1, 0.15) is 5.52 Å². The van der Waals surface area contributed by atoms with Crippen LogP contribution < -0.4 is 24.0 Å². The summed E-state index contributed by atoms with van der Waals surface area (Å²) in [5, 5.41) is 18.3. The number of H-pyrrole nitrogens is 1. The first-order valence-electron chi connectivity index (χ1n) is 7.33. The number of piperidine rings is 1. The van der Waals surface area contributed by atoms with Crippen molar-refractivity contribution in [3.8, 4) is 0 Å². The molecule has 1 fully saturated rings. The van der Waals surface area contributed by atoms with Gasteiger partial charge in [0.2, 0.25) is 0 Å². The molecule has 3 rings (SSSR count). The fraction of sp³-hybridized carbons (Fsp3) is 0.533. The van der Waals surface area contributed by atoms with Crippen LogP contribution >= 0.6 is 0 Å². The smallest absolute Gasteiger partial charge is 0.543 e. The van der Waals surface area contributed by atoms with E-state index in [1.807, 2.05) is 6.92 Å². The van der Waals surface area contributed by atoms with Gasteiger partial charge in [-0.2, -0.15) is 5.10 Å². The Kier molecular flexibility index (Phi) is 5.27. The minimum atomic E-state index is -1.24. The van der Waals surface area contributed by atoms with Gasteiger partial charge >= 0.3 is 18.9 Å². The maximum absolute atomic E-state index is 11.2. The Morgan fingerprint density at radius 1 is 1.55 bits per heavy atom. The third-order valence-corrected chi connectivity index (χ3v) is 4.12. The van der Waals surface area contributed by atoms with Crippen molar-refractivity contribution in [2.75, 3.05) is 13.1 Å². The number of aromatic nitrogens is 3. The van der Waals surface area contributed by atoms with E-state index in [2.05, 4.69) is 27.0 Å². The Labute approximate surface area is 141 Å². The summed E-state index contributed by atoms with van der Waals surface area (Å²) in [7, 11) is 0. The molecule has 7 heteroatoms. The van der Waals surface area contributed by atoms with Gasteiger partial charge in [0.25, 0.3) is 0 Å². The third-order valence-electron chi connectivity index (χ3n) is 4.12. The predicted octanol–water partition coefficient (Wildman–Crippen LogP) is -2.13. The van der Waals surface area contributed by atoms with Gasteiger partial charge in [-0.15, -0.1) is 0 Å². The third kappa shape index (κ3) is 3.35. The molecule has 2 aromatic heterocycles. The van der Waals surface area contributed by atoms with E-state index in [9.17, 15) is 9.90 Å². The average molecular weight is 294 g/mol. The molecule has 0 bridgehead atoms. The fourth-order valence-corrected chi connectivity index (χ4v) is 3.08. The molecule has 22 heavy (non-hydrogen) atoms. The molecule has 1 N–H and O–H groups in total. The number of rotatable bonds is 3. The van der Waals surface area contributed by atoms with Crippen LogP contribution in [0.15, 0.2) is 6.07 Å². The van der Waals surface area contributed by atoms with Crippen molar-refractivity contribution in [2.45, 2.75) is 33.2 Å². The van der Waals surface area contributed by atoms with E-state index in [-0.39, 0.29) is 24.6 Å². The van der Waals surface area contributed by atoms with Crippen molar-refractivity contribution in [1.29, 1.82) is 0 Å². The molecule has 1 atom stereocenters. The maximum atomic E-state index is 11.2. The molecule has 0 amide bonds. The van der Waals surface area contributed by atoms with Crippen LogP contribution in [0, 0.1) is 12.8 Å². The van der Waals surface area contributed by atoms with Crippen LogP contribution in [0.1, 0.15) is 41.5 Å². The van der Waals surface area contributed by atoms with Crippen molar-refractivity contribution < 1.29 is 28.8 Å². The van der Waals surface area contributed by atoms with Crippen molar-refractivity contribution in [2.24, 2.45) is 5.92 Å². The number of likely N-dealkylation sites (tertiary alicyclic amines) is 1. The number of aromatic amines is 1. The number of nitrogens with zero attached hydrogens (tertiary/aromatic N) is 3. The van der Waals surface area contributed by atoms with Gasteiger partial charge in [0.05, 0.1) is 22.9 Å². The number of nitrogens with one attached hydrogen (secondary N) is 1. The molecule has 0 spiro atoms. The van der Waals surface area contributed by atoms with Gasteiger partial charge < -0.3 is 9.90 Å². The second kappa shape index (κ2) is 6.82. The summed E-state index contributed by atoms with van der Waals surface area (Å²) in [6.45, 7) is 6.86. The van der Waals surface area contributed by atoms with Crippen LogP contribution in [0.25, 0.3) is 11.0 Å². The van der Waals surface area contributed by atoms with Crippen molar-refractivity contribution in [3.05, 3.63) is 23.0 Å². The molecule has 1 aliphatic rings. The fourth-order valence-electron chi connectivity index (χ4n) is 3.08. The van der Waals surface area contributed by atoms with E-state index in [0.717, 1.165) is 24.2 Å². The Hall–Kier alpha value is -1.35. The minimum Gasteiger partial charge on any atom is -0.543 e. The van der Waals surface area contributed by atoms with E-state index in [1.165, 1.54) is 12.8 Å². The number of hydrogen-bond donors (Lipinski definition) is 1. The number of aromatic carboxylic acids is 1. The molecule has 2 aromatic rings. The monoisotopic (exact) mass is 294 g/mol. The molecule has 3 heterocycles. The molecule has 0 aliphatic carbocycles. The molecule has 1 saturated heterocycles. The molecule has 0 unspecified atom stereocenters. The zero-order valence-corrected chi connectivity index (χ0v) is 13.3. The second-order valence-electron chi connectivity index (χ2n) is 5.97. The summed E-state index contributed by atoms with van der Waals surface area (Å²) >= 11 is 0. The van der Waals surface area contributed by atoms with Gasteiger partial charge in [0.15, 0.2) is 0 Å². The van der Waals surface area contributed by atoms with Crippen LogP contribution in [0.5, 0.6) is 0 Å². The summed E-state index contributed by atoms with van der Waals surface area (Å²) in [4.78, 5) is 17.6. The molecule has 112 valence electrons. The average Bonchev–Trinajstić information content (AvgIpc) is 2.81. The molecule has 0 aromatic carbocycles. The Bertz CT molecular complexity index is 685. The van der Waals surface area contributed by atoms with E-state index < -0.39 is 5.97 Å². The van der Waals surface area contributed by atoms with Gasteiger partial charge in [-0.1, -0.05) is 6.92 Å². The topological polar surface area (TPSA) is 84.9 Å². The molecule has 1 aliphatic heterocycles. The van der Waals surface area contributed by atoms with E-state index in [4.69, 9.17) is 0 Å². The summed E-state index contributed by atoms with van der Waals surface area (Å²) in [6, 6.07) is 1.61. The predicted molar refractivity (Wildman–Crippen MR) is 76.6 cm³/mol. The summed E-state index contributed by atoms with van der Waals surface area (Å²) < 4.78 is 0. The van der Waals surface area contributed by atoms with Crippen LogP contribution in [0.2, 0.25) is 0 Å². The maximum Gasteiger partial charge on any atom is 1.00 e. The van der Waals surface area contributed by atoms with Crippen molar-refractivity contribution >= 4 is 17.0 Å². The summed E-state index contributed by atoms with van der Waals surface area (Å²) in [5.74, 6) is -0.564. The number of hydrogen-bond acceptors (Lipinski definition) is 5. The first-order valence-corrected chi connectivity index (χ1v) is 7.33. The van der Waals surface area contributed by atoms with Crippen LogP contribution in [0.3, 0.4) is 0 Å². The van der Waals surface area contributed by atoms with Crippen molar-refractivity contribution in [3.63, 3.8) is 0 Å². The van der Waals surface area contributed by atoms with Crippen LogP contribution in [-0.2, 0) is 6.54 Å². The quantitative estimate of drug-likeness (QED) is 0.653. The number of carbonyl (C=O) groups excluding carboxylic acids is 1. The minimum absolute atomic E-state index is 0. The van der Waals surface area contributed by atoms with E-state index in [1.54, 1.807) is 6.07 Å². The Morgan fingerprint density at radius 2 is 2.32 bits per heavy atom. The largest absolute Gasteiger partial charge is 1.00 e. The standard InChI is InChI=1S/C15H20N4O2.Li/c1-9-4-3-5-19(7-9)8-11-6-12(15(20)21)16-13-10(2)17-18-14(11)13;/h6,9H,3-5,7-8H2,1-2H3,(H,17,18)(H,20,21);/q;+1/p-1/t9-;/m0./s1. The van der Waals surface area contributed by atoms with Gasteiger partial charge in [-0.3, -0.25) is 10.00 Å².